The van der Waals surface area contributed by atoms with Gasteiger partial charge in [0, 0.05) is 30.2 Å². The van der Waals surface area contributed by atoms with Crippen molar-refractivity contribution >= 4 is 28.3 Å². The van der Waals surface area contributed by atoms with Crippen molar-refractivity contribution < 1.29 is 13.2 Å². The third kappa shape index (κ3) is 3.66. The van der Waals surface area contributed by atoms with E-state index in [1.165, 1.54) is 0 Å². The zero-order chi connectivity index (χ0) is 19.7. The Kier molecular flexibility index (Phi) is 4.46. The first-order valence-electron chi connectivity index (χ1n) is 8.55. The van der Waals surface area contributed by atoms with Crippen LogP contribution in [-0.4, -0.2) is 37.7 Å². The molecule has 3 heterocycles. The Bertz CT molecular complexity index is 1140. The van der Waals surface area contributed by atoms with Crippen molar-refractivity contribution in [2.75, 3.05) is 23.7 Å². The fraction of sp³-hybridized carbons (Fsp3) is 0.222. The van der Waals surface area contributed by atoms with E-state index in [0.717, 1.165) is 21.2 Å². The fourth-order valence-electron chi connectivity index (χ4n) is 2.78. The summed E-state index contributed by atoms with van der Waals surface area (Å²) in [5.74, 6) is -0.207. The number of fused-ring (bicyclic) bond motifs is 2. The van der Waals surface area contributed by atoms with E-state index < -0.39 is 12.0 Å². The monoisotopic (exact) mass is 387 g/mol. The van der Waals surface area contributed by atoms with Crippen molar-refractivity contribution in [2.45, 2.75) is 13.1 Å². The third-order valence-corrected chi connectivity index (χ3v) is 4.03. The number of pyridine rings is 1. The average molecular weight is 387 g/mol. The molecule has 0 aliphatic rings. The van der Waals surface area contributed by atoms with Crippen LogP contribution in [-0.2, 0) is 6.18 Å². The van der Waals surface area contributed by atoms with Crippen molar-refractivity contribution in [3.63, 3.8) is 0 Å². The number of nitrogens with zero attached hydrogens (tertiary/aromatic N) is 5. The Morgan fingerprint density at radius 2 is 1.75 bits per heavy atom. The summed E-state index contributed by atoms with van der Waals surface area (Å²) >= 11 is 0. The highest BCUT2D eigenvalue weighted by Crippen LogP contribution is 2.27. The molecule has 28 heavy (non-hydrogen) atoms. The summed E-state index contributed by atoms with van der Waals surface area (Å²) in [7, 11) is 0. The quantitative estimate of drug-likeness (QED) is 0.510. The molecule has 144 valence electrons. The van der Waals surface area contributed by atoms with E-state index in [-0.39, 0.29) is 5.78 Å². The van der Waals surface area contributed by atoms with Crippen LogP contribution in [0.3, 0.4) is 0 Å². The molecule has 4 aromatic rings. The molecule has 0 unspecified atom stereocenters. The summed E-state index contributed by atoms with van der Waals surface area (Å²) in [6.07, 6.45) is -4.62. The Morgan fingerprint density at radius 3 is 2.57 bits per heavy atom. The summed E-state index contributed by atoms with van der Waals surface area (Å²) in [6, 6.07) is 13.3. The molecule has 0 amide bonds. The molecule has 0 aliphatic carbocycles. The van der Waals surface area contributed by atoms with Gasteiger partial charge >= 0.3 is 6.18 Å². The molecular weight excluding hydrogens is 371 g/mol. The second-order valence-electron chi connectivity index (χ2n) is 6.17. The van der Waals surface area contributed by atoms with Gasteiger partial charge in [-0.15, -0.1) is 5.10 Å². The maximum atomic E-state index is 12.9. The molecule has 1 aromatic carbocycles. The minimum absolute atomic E-state index is 0.0982. The molecule has 4 rings (SSSR count). The van der Waals surface area contributed by atoms with Gasteiger partial charge in [-0.3, -0.25) is 0 Å². The number of halogens is 3. The zero-order valence-corrected chi connectivity index (χ0v) is 14.8. The van der Waals surface area contributed by atoms with Gasteiger partial charge in [0.1, 0.15) is 11.6 Å². The van der Waals surface area contributed by atoms with E-state index in [1.807, 2.05) is 36.4 Å². The summed E-state index contributed by atoms with van der Waals surface area (Å²) in [4.78, 5) is 12.0. The first-order chi connectivity index (χ1) is 13.4. The first-order valence-corrected chi connectivity index (χ1v) is 8.55. The highest BCUT2D eigenvalue weighted by Gasteiger charge is 2.36. The van der Waals surface area contributed by atoms with Crippen molar-refractivity contribution in [1.29, 1.82) is 0 Å². The summed E-state index contributed by atoms with van der Waals surface area (Å²) in [6.45, 7) is 2.63. The number of hydrogen-bond donors (Lipinski definition) is 2. The van der Waals surface area contributed by atoms with E-state index in [2.05, 4.69) is 30.7 Å². The first kappa shape index (κ1) is 18.0. The normalized spacial score (nSPS) is 11.9. The van der Waals surface area contributed by atoms with Gasteiger partial charge in [-0.25, -0.2) is 9.97 Å². The molecule has 3 aromatic heterocycles. The van der Waals surface area contributed by atoms with E-state index in [0.29, 0.717) is 24.6 Å². The molecule has 0 atom stereocenters. The van der Waals surface area contributed by atoms with Crippen LogP contribution in [0.1, 0.15) is 11.5 Å². The standard InChI is InChI=1S/C18H16F3N7/c1-11-10-15(28-17(24-11)26-16(27-28)18(19,20)21)23-9-8-22-14-7-6-12-4-2-3-5-13(12)25-14/h2-7,10,23H,8-9H2,1H3,(H,22,25). The van der Waals surface area contributed by atoms with Gasteiger partial charge in [-0.2, -0.15) is 22.7 Å². The zero-order valence-electron chi connectivity index (χ0n) is 14.8. The molecule has 2 N–H and O–H groups in total. The van der Waals surface area contributed by atoms with Crippen molar-refractivity contribution in [2.24, 2.45) is 0 Å². The van der Waals surface area contributed by atoms with Crippen molar-refractivity contribution in [3.8, 4) is 0 Å². The lowest BCUT2D eigenvalue weighted by Crippen LogP contribution is -2.16. The molecule has 10 heteroatoms. The Morgan fingerprint density at radius 1 is 0.964 bits per heavy atom. The molecule has 0 spiro atoms. The van der Waals surface area contributed by atoms with Crippen LogP contribution in [0.15, 0.2) is 42.5 Å². The van der Waals surface area contributed by atoms with Crippen LogP contribution in [0, 0.1) is 6.92 Å². The minimum atomic E-state index is -4.62. The van der Waals surface area contributed by atoms with Gasteiger partial charge in [-0.05, 0) is 25.1 Å². The summed E-state index contributed by atoms with van der Waals surface area (Å²) < 4.78 is 39.6. The Labute approximate surface area is 157 Å². The summed E-state index contributed by atoms with van der Waals surface area (Å²) in [5, 5.41) is 10.8. The molecule has 0 saturated heterocycles. The summed E-state index contributed by atoms with van der Waals surface area (Å²) in [5.41, 5.74) is 1.43. The average Bonchev–Trinajstić information content (AvgIpc) is 3.09. The van der Waals surface area contributed by atoms with Gasteiger partial charge < -0.3 is 10.6 Å². The topological polar surface area (TPSA) is 80.0 Å². The maximum absolute atomic E-state index is 12.9. The van der Waals surface area contributed by atoms with E-state index >= 15 is 0 Å². The second-order valence-corrected chi connectivity index (χ2v) is 6.17. The Hall–Kier alpha value is -3.43. The van der Waals surface area contributed by atoms with Gasteiger partial charge in [0.15, 0.2) is 0 Å². The number of rotatable bonds is 5. The predicted octanol–water partition coefficient (Wildman–Crippen LogP) is 3.52. The lowest BCUT2D eigenvalue weighted by atomic mass is 10.2. The van der Waals surface area contributed by atoms with E-state index in [4.69, 9.17) is 0 Å². The van der Waals surface area contributed by atoms with Crippen molar-refractivity contribution in [1.82, 2.24) is 24.6 Å². The van der Waals surface area contributed by atoms with Crippen LogP contribution in [0.2, 0.25) is 0 Å². The number of anilines is 2. The van der Waals surface area contributed by atoms with Gasteiger partial charge in [0.2, 0.25) is 0 Å². The third-order valence-electron chi connectivity index (χ3n) is 4.03. The number of nitrogens with one attached hydrogen (secondary N) is 2. The van der Waals surface area contributed by atoms with E-state index in [9.17, 15) is 13.2 Å². The SMILES string of the molecule is Cc1cc(NCCNc2ccc3ccccc3n2)n2nc(C(F)(F)F)nc2n1. The molecule has 7 nitrogen and oxygen atoms in total. The van der Waals surface area contributed by atoms with Gasteiger partial charge in [0.05, 0.1) is 5.52 Å². The Balaban J connectivity index is 1.45. The van der Waals surface area contributed by atoms with Crippen LogP contribution in [0.25, 0.3) is 16.7 Å². The maximum Gasteiger partial charge on any atom is 0.453 e. The number of benzene rings is 1. The number of alkyl halides is 3. The number of aryl methyl sites for hydroxylation is 1. The lowest BCUT2D eigenvalue weighted by Gasteiger charge is -2.10. The molecule has 0 saturated carbocycles. The van der Waals surface area contributed by atoms with Crippen LogP contribution in [0.5, 0.6) is 0 Å². The van der Waals surface area contributed by atoms with E-state index in [1.54, 1.807) is 13.0 Å². The molecule has 0 fully saturated rings. The highest BCUT2D eigenvalue weighted by atomic mass is 19.4. The number of aromatic nitrogens is 5. The smallest absolute Gasteiger partial charge is 0.368 e. The largest absolute Gasteiger partial charge is 0.453 e. The number of hydrogen-bond acceptors (Lipinski definition) is 6. The van der Waals surface area contributed by atoms with Crippen molar-refractivity contribution in [3.05, 3.63) is 54.0 Å². The molecule has 0 bridgehead atoms. The molecule has 0 aliphatic heterocycles. The molecular formula is C18H16F3N7. The molecule has 0 radical (unpaired) electrons. The number of para-hydroxylation sites is 1. The minimum Gasteiger partial charge on any atom is -0.368 e. The van der Waals surface area contributed by atoms with Crippen LogP contribution < -0.4 is 10.6 Å². The lowest BCUT2D eigenvalue weighted by molar-refractivity contribution is -0.144. The van der Waals surface area contributed by atoms with Crippen LogP contribution >= 0.6 is 0 Å². The van der Waals surface area contributed by atoms with Gasteiger partial charge in [0.25, 0.3) is 11.6 Å². The van der Waals surface area contributed by atoms with Crippen LogP contribution in [0.4, 0.5) is 24.8 Å². The fourth-order valence-corrected chi connectivity index (χ4v) is 2.78. The second kappa shape index (κ2) is 6.95. The predicted molar refractivity (Wildman–Crippen MR) is 99.2 cm³/mol. The van der Waals surface area contributed by atoms with Gasteiger partial charge in [-0.1, -0.05) is 18.2 Å². The highest BCUT2D eigenvalue weighted by molar-refractivity contribution is 5.80.